The second-order valence-electron chi connectivity index (χ2n) is 9.29. The number of carbonyl (C=O) groups excluding carboxylic acids is 2. The molecule has 2 aliphatic rings. The number of carboxylic acids is 1. The summed E-state index contributed by atoms with van der Waals surface area (Å²) in [6, 6.07) is 4.17. The van der Waals surface area contributed by atoms with Gasteiger partial charge in [0.1, 0.15) is 29.9 Å². The van der Waals surface area contributed by atoms with E-state index in [1.54, 1.807) is 31.2 Å². The maximum atomic E-state index is 13.1. The Morgan fingerprint density at radius 3 is 2.48 bits per heavy atom. The number of nitrogens with zero attached hydrogens (tertiary/aromatic N) is 4. The largest absolute Gasteiger partial charge is 0.489 e. The molecule has 0 bridgehead atoms. The van der Waals surface area contributed by atoms with Crippen LogP contribution in [0.15, 0.2) is 34.4 Å². The first kappa shape index (κ1) is 30.6. The van der Waals surface area contributed by atoms with Crippen LogP contribution in [0.1, 0.15) is 23.1 Å². The Hall–Kier alpha value is -4.33. The van der Waals surface area contributed by atoms with Crippen LogP contribution in [-0.2, 0) is 29.5 Å². The van der Waals surface area contributed by atoms with E-state index in [0.717, 1.165) is 24.4 Å². The summed E-state index contributed by atoms with van der Waals surface area (Å²) in [4.78, 5) is 51.2. The smallest absolute Gasteiger partial charge is 0.362 e. The van der Waals surface area contributed by atoms with Gasteiger partial charge < -0.3 is 36.8 Å². The predicted molar refractivity (Wildman–Crippen MR) is 149 cm³/mol. The number of nitrogens with one attached hydrogen (secondary N) is 2. The highest BCUT2D eigenvalue weighted by Gasteiger charge is 2.51. The van der Waals surface area contributed by atoms with Crippen molar-refractivity contribution in [3.05, 3.63) is 40.4 Å². The van der Waals surface area contributed by atoms with Crippen molar-refractivity contribution in [3.63, 3.8) is 0 Å². The van der Waals surface area contributed by atoms with Crippen LogP contribution in [0.4, 0.5) is 5.13 Å². The van der Waals surface area contributed by atoms with Gasteiger partial charge in [0.15, 0.2) is 10.8 Å². The first-order valence-corrected chi connectivity index (χ1v) is 14.6. The zero-order chi connectivity index (χ0) is 30.8. The first-order valence-electron chi connectivity index (χ1n) is 12.3. The Morgan fingerprint density at radius 1 is 1.31 bits per heavy atom. The van der Waals surface area contributed by atoms with E-state index in [0.29, 0.717) is 22.0 Å². The third-order valence-electron chi connectivity index (χ3n) is 6.30. The van der Waals surface area contributed by atoms with Gasteiger partial charge in [-0.2, -0.15) is 8.42 Å². The van der Waals surface area contributed by atoms with Crippen molar-refractivity contribution < 1.29 is 42.0 Å². The summed E-state index contributed by atoms with van der Waals surface area (Å²) >= 11 is 1.02. The molecule has 19 heteroatoms. The minimum atomic E-state index is -4.82. The second kappa shape index (κ2) is 12.3. The number of nitrogen functional groups attached to an aromatic ring is 1. The standard InChI is InChI=1S/C23H28N8O9S2/c1-10-16(21(33)31(10)42(36,37)38)28-20(32)18(17-11(2)41-23(25)29-17)30-40-15(22(34)35)9-39-14-5-3-12(4-6-14)19(24)27-13-7-26-8-13/h3-6,10,13,15-16,26H,7-9H2,1-2H3,(H2,24,27)(H2,25,29)(H,28,32)(H,34,35)(H,36,37,38)/t10-,15?,16+/m1/s1. The number of β-lactam (4-membered cyclic amide) rings is 1. The van der Waals surface area contributed by atoms with Gasteiger partial charge in [0, 0.05) is 23.5 Å². The summed E-state index contributed by atoms with van der Waals surface area (Å²) < 4.78 is 37.7. The maximum Gasteiger partial charge on any atom is 0.362 e. The number of amidine groups is 1. The molecule has 0 radical (unpaired) electrons. The highest BCUT2D eigenvalue weighted by atomic mass is 32.2. The quantitative estimate of drug-likeness (QED) is 0.0516. The number of carboxylic acid groups (broad SMARTS) is 1. The number of amides is 2. The summed E-state index contributed by atoms with van der Waals surface area (Å²) in [6.07, 6.45) is -1.68. The van der Waals surface area contributed by atoms with Crippen LogP contribution in [0.2, 0.25) is 0 Å². The van der Waals surface area contributed by atoms with Crippen LogP contribution in [0.5, 0.6) is 5.75 Å². The number of aliphatic carboxylic acids is 1. The number of carbonyl (C=O) groups is 3. The number of nitrogens with two attached hydrogens (primary N) is 2. The number of ether oxygens (including phenoxy) is 1. The molecule has 2 saturated heterocycles. The molecule has 3 heterocycles. The van der Waals surface area contributed by atoms with E-state index >= 15 is 0 Å². The topological polar surface area (TPSA) is 261 Å². The Bertz CT molecular complexity index is 1540. The number of benzene rings is 1. The van der Waals surface area contributed by atoms with E-state index in [9.17, 15) is 32.5 Å². The molecule has 0 aliphatic carbocycles. The average molecular weight is 625 g/mol. The van der Waals surface area contributed by atoms with Crippen molar-refractivity contribution in [2.24, 2.45) is 15.9 Å². The Morgan fingerprint density at radius 2 is 1.98 bits per heavy atom. The molecule has 1 aromatic carbocycles. The highest BCUT2D eigenvalue weighted by Crippen LogP contribution is 2.24. The van der Waals surface area contributed by atoms with Gasteiger partial charge in [0.05, 0.1) is 12.1 Å². The summed E-state index contributed by atoms with van der Waals surface area (Å²) in [7, 11) is -4.82. The van der Waals surface area contributed by atoms with E-state index in [1.807, 2.05) is 0 Å². The van der Waals surface area contributed by atoms with E-state index in [-0.39, 0.29) is 21.2 Å². The minimum Gasteiger partial charge on any atom is -0.489 e. The summed E-state index contributed by atoms with van der Waals surface area (Å²) in [5.74, 6) is -2.90. The minimum absolute atomic E-state index is 0.0429. The lowest BCUT2D eigenvalue weighted by atomic mass is 10.0. The van der Waals surface area contributed by atoms with Crippen molar-refractivity contribution in [3.8, 4) is 5.75 Å². The van der Waals surface area contributed by atoms with Crippen LogP contribution in [0, 0.1) is 6.92 Å². The Labute approximate surface area is 243 Å². The summed E-state index contributed by atoms with van der Waals surface area (Å²) in [6.45, 7) is 3.86. The van der Waals surface area contributed by atoms with Crippen LogP contribution >= 0.6 is 11.3 Å². The number of hydrogen-bond donors (Lipinski definition) is 6. The van der Waals surface area contributed by atoms with Crippen LogP contribution < -0.4 is 26.8 Å². The van der Waals surface area contributed by atoms with Gasteiger partial charge in [-0.15, -0.1) is 11.3 Å². The lowest BCUT2D eigenvalue weighted by Gasteiger charge is -2.42. The molecule has 2 aromatic rings. The molecule has 2 fully saturated rings. The molecule has 8 N–H and O–H groups in total. The van der Waals surface area contributed by atoms with Gasteiger partial charge in [0.25, 0.3) is 17.9 Å². The van der Waals surface area contributed by atoms with E-state index in [1.165, 1.54) is 6.92 Å². The average Bonchev–Trinajstić information content (AvgIpc) is 3.23. The number of oxime groups is 1. The molecule has 2 amide bonds. The molecule has 1 unspecified atom stereocenters. The molecule has 0 spiro atoms. The predicted octanol–water partition coefficient (Wildman–Crippen LogP) is -1.52. The van der Waals surface area contributed by atoms with Gasteiger partial charge in [-0.3, -0.25) is 19.1 Å². The fourth-order valence-electron chi connectivity index (χ4n) is 3.93. The van der Waals surface area contributed by atoms with Crippen molar-refractivity contribution in [1.82, 2.24) is 19.9 Å². The maximum absolute atomic E-state index is 13.1. The van der Waals surface area contributed by atoms with Gasteiger partial charge in [-0.25, -0.2) is 14.1 Å². The lowest BCUT2D eigenvalue weighted by Crippen LogP contribution is -2.71. The van der Waals surface area contributed by atoms with Crippen molar-refractivity contribution in [2.45, 2.75) is 38.1 Å². The normalized spacial score (nSPS) is 20.4. The number of hydrogen-bond acceptors (Lipinski definition) is 13. The van der Waals surface area contributed by atoms with Gasteiger partial charge >= 0.3 is 16.3 Å². The first-order chi connectivity index (χ1) is 19.8. The summed E-state index contributed by atoms with van der Waals surface area (Å²) in [5, 5.41) is 18.8. The third-order valence-corrected chi connectivity index (χ3v) is 8.11. The van der Waals surface area contributed by atoms with E-state index < -0.39 is 58.6 Å². The Balaban J connectivity index is 1.46. The molecule has 0 saturated carbocycles. The zero-order valence-electron chi connectivity index (χ0n) is 22.3. The molecular weight excluding hydrogens is 596 g/mol. The highest BCUT2D eigenvalue weighted by molar-refractivity contribution is 7.84. The number of thiazole rings is 1. The number of rotatable bonds is 12. The van der Waals surface area contributed by atoms with Crippen molar-refractivity contribution in [1.29, 1.82) is 0 Å². The van der Waals surface area contributed by atoms with Gasteiger partial charge in [-0.05, 0) is 38.1 Å². The number of aryl methyl sites for hydroxylation is 1. The molecule has 4 rings (SSSR count). The van der Waals surface area contributed by atoms with Crippen LogP contribution in [-0.4, -0.2) is 101 Å². The van der Waals surface area contributed by atoms with E-state index in [4.69, 9.17) is 21.0 Å². The fourth-order valence-corrected chi connectivity index (χ4v) is 5.51. The molecular formula is C23H28N8O9S2. The van der Waals surface area contributed by atoms with E-state index in [2.05, 4.69) is 25.8 Å². The molecule has 3 atom stereocenters. The number of aliphatic imine (C=N–C) groups is 1. The molecule has 2 aliphatic heterocycles. The number of aromatic nitrogens is 1. The van der Waals surface area contributed by atoms with Gasteiger partial charge in [0.2, 0.25) is 0 Å². The van der Waals surface area contributed by atoms with Crippen molar-refractivity contribution in [2.75, 3.05) is 25.4 Å². The summed E-state index contributed by atoms with van der Waals surface area (Å²) in [5.41, 5.74) is 11.9. The SMILES string of the molecule is Cc1sc(N)nc1C(=NOC(COc1ccc(C(N)=NC2CNC2)cc1)C(=O)O)C(=O)N[C@@H]1C(=O)N(S(=O)(=O)O)[C@@H]1C. The van der Waals surface area contributed by atoms with Gasteiger partial charge in [-0.1, -0.05) is 5.16 Å². The molecule has 42 heavy (non-hydrogen) atoms. The second-order valence-corrected chi connectivity index (χ2v) is 11.8. The fraction of sp³-hybridized carbons (Fsp3) is 0.391. The molecule has 17 nitrogen and oxygen atoms in total. The molecule has 226 valence electrons. The van der Waals surface area contributed by atoms with Crippen LogP contribution in [0.25, 0.3) is 0 Å². The van der Waals surface area contributed by atoms with Crippen molar-refractivity contribution >= 4 is 56.1 Å². The van der Waals surface area contributed by atoms with Crippen LogP contribution in [0.3, 0.4) is 0 Å². The zero-order valence-corrected chi connectivity index (χ0v) is 23.9. The monoisotopic (exact) mass is 624 g/mol. The number of anilines is 1. The lowest BCUT2D eigenvalue weighted by molar-refractivity contribution is -0.152. The molecule has 1 aromatic heterocycles. The Kier molecular flexibility index (Phi) is 8.95. The third kappa shape index (κ3) is 6.75.